The number of amides is 4. The van der Waals surface area contributed by atoms with Gasteiger partial charge in [0.05, 0.1) is 19.1 Å². The first-order chi connectivity index (χ1) is 18.7. The molecule has 0 aromatic rings. The summed E-state index contributed by atoms with van der Waals surface area (Å²) in [5.41, 5.74) is 0.334. The van der Waals surface area contributed by atoms with Gasteiger partial charge in [0.2, 0.25) is 17.7 Å². The summed E-state index contributed by atoms with van der Waals surface area (Å²) in [6.07, 6.45) is 12.1. The predicted octanol–water partition coefficient (Wildman–Crippen LogP) is 0.890. The molecule has 3 fully saturated rings. The second kappa shape index (κ2) is 13.2. The number of ketones is 1. The van der Waals surface area contributed by atoms with Gasteiger partial charge in [-0.15, -0.1) is 0 Å². The molecule has 1 saturated heterocycles. The van der Waals surface area contributed by atoms with Gasteiger partial charge in [0.25, 0.3) is 5.91 Å². The van der Waals surface area contributed by atoms with E-state index in [4.69, 9.17) is 0 Å². The van der Waals surface area contributed by atoms with Gasteiger partial charge in [0, 0.05) is 26.0 Å². The molecule has 0 aromatic carbocycles. The highest BCUT2D eigenvalue weighted by Crippen LogP contribution is 2.34. The zero-order valence-corrected chi connectivity index (χ0v) is 23.1. The Hall–Kier alpha value is -3.24. The van der Waals surface area contributed by atoms with Crippen molar-refractivity contribution in [2.45, 2.75) is 89.3 Å². The molecule has 4 rings (SSSR count). The molecule has 39 heavy (non-hydrogen) atoms. The molecule has 3 atom stereocenters. The van der Waals surface area contributed by atoms with Gasteiger partial charge in [0.1, 0.15) is 17.8 Å². The van der Waals surface area contributed by atoms with E-state index in [0.29, 0.717) is 44.0 Å². The molecule has 2 heterocycles. The molecule has 214 valence electrons. The fraction of sp³-hybridized carbons (Fsp3) is 0.714. The first-order valence-corrected chi connectivity index (χ1v) is 14.4. The van der Waals surface area contributed by atoms with Crippen molar-refractivity contribution >= 4 is 35.1 Å². The first-order valence-electron chi connectivity index (χ1n) is 14.4. The lowest BCUT2D eigenvalue weighted by atomic mass is 9.83. The summed E-state index contributed by atoms with van der Waals surface area (Å²) in [4.78, 5) is 71.9. The van der Waals surface area contributed by atoms with Gasteiger partial charge in [0.15, 0.2) is 5.78 Å². The summed E-state index contributed by atoms with van der Waals surface area (Å²) in [5, 5.41) is 8.48. The molecule has 2 saturated carbocycles. The van der Waals surface area contributed by atoms with Crippen LogP contribution in [-0.2, 0) is 24.0 Å². The molecule has 0 radical (unpaired) electrons. The van der Waals surface area contributed by atoms with Crippen LogP contribution in [0.3, 0.4) is 0 Å². The van der Waals surface area contributed by atoms with Crippen molar-refractivity contribution in [2.75, 3.05) is 26.7 Å². The van der Waals surface area contributed by atoms with E-state index in [0.717, 1.165) is 44.9 Å². The molecular weight excluding hydrogens is 500 g/mol. The third-order valence-electron chi connectivity index (χ3n) is 8.27. The highest BCUT2D eigenvalue weighted by Gasteiger charge is 2.38. The smallest absolute Gasteiger partial charge is 0.268 e. The molecule has 0 bridgehead atoms. The van der Waals surface area contributed by atoms with Crippen molar-refractivity contribution in [1.29, 1.82) is 0 Å². The third-order valence-corrected chi connectivity index (χ3v) is 8.27. The molecule has 4 aliphatic rings. The fourth-order valence-electron chi connectivity index (χ4n) is 5.78. The van der Waals surface area contributed by atoms with E-state index >= 15 is 0 Å². The standard InChI is InChI=1S/C28H42N6O5/c1-18(35)21(15-19-10-11-19)31-27(38)23-9-6-13-34(23)24(36)16-30-28(39)25(20-7-4-3-5-8-20)32-26(37)22-17-33(2)14-12-29-22/h12,14,19-21,23,25H,3-11,13,15-17H2,1-2H3,(H,30,39)(H,31,38)(H,32,37). The maximum absolute atomic E-state index is 13.3. The fourth-order valence-corrected chi connectivity index (χ4v) is 5.78. The summed E-state index contributed by atoms with van der Waals surface area (Å²) in [5.74, 6) is -1.05. The molecular formula is C28H42N6O5. The number of carbonyl (C=O) groups is 5. The number of rotatable bonds is 11. The van der Waals surface area contributed by atoms with Gasteiger partial charge in [-0.25, -0.2) is 0 Å². The van der Waals surface area contributed by atoms with Crippen LogP contribution in [0.2, 0.25) is 0 Å². The first kappa shape index (κ1) is 28.8. The zero-order chi connectivity index (χ0) is 27.9. The number of aliphatic imine (C=N–C) groups is 1. The van der Waals surface area contributed by atoms with Gasteiger partial charge < -0.3 is 25.8 Å². The van der Waals surface area contributed by atoms with Crippen molar-refractivity contribution in [3.63, 3.8) is 0 Å². The number of nitrogens with zero attached hydrogens (tertiary/aromatic N) is 3. The number of hydrogen-bond donors (Lipinski definition) is 3. The lowest BCUT2D eigenvalue weighted by Crippen LogP contribution is -2.56. The molecule has 0 aromatic heterocycles. The topological polar surface area (TPSA) is 140 Å². The Morgan fingerprint density at radius 1 is 1.00 bits per heavy atom. The van der Waals surface area contributed by atoms with Crippen LogP contribution >= 0.6 is 0 Å². The predicted molar refractivity (Wildman–Crippen MR) is 145 cm³/mol. The molecule has 3 N–H and O–H groups in total. The third kappa shape index (κ3) is 7.89. The number of likely N-dealkylation sites (tertiary alicyclic amines) is 1. The van der Waals surface area contributed by atoms with E-state index in [1.807, 2.05) is 11.9 Å². The van der Waals surface area contributed by atoms with Crippen LogP contribution in [0.1, 0.15) is 71.1 Å². The molecule has 2 aliphatic carbocycles. The molecule has 4 amide bonds. The monoisotopic (exact) mass is 542 g/mol. The number of nitrogens with one attached hydrogen (secondary N) is 3. The average molecular weight is 543 g/mol. The Morgan fingerprint density at radius 2 is 1.74 bits per heavy atom. The minimum Gasteiger partial charge on any atom is -0.373 e. The van der Waals surface area contributed by atoms with Crippen LogP contribution in [-0.4, -0.2) is 89.7 Å². The Morgan fingerprint density at radius 3 is 2.41 bits per heavy atom. The van der Waals surface area contributed by atoms with Crippen molar-refractivity contribution in [1.82, 2.24) is 25.8 Å². The van der Waals surface area contributed by atoms with Crippen LogP contribution in [0.15, 0.2) is 17.4 Å². The Kier molecular flexibility index (Phi) is 9.74. The van der Waals surface area contributed by atoms with Crippen molar-refractivity contribution in [2.24, 2.45) is 16.8 Å². The summed E-state index contributed by atoms with van der Waals surface area (Å²) >= 11 is 0. The van der Waals surface area contributed by atoms with Gasteiger partial charge in [-0.2, -0.15) is 0 Å². The Balaban J connectivity index is 1.34. The van der Waals surface area contributed by atoms with Crippen LogP contribution in [0, 0.1) is 11.8 Å². The summed E-state index contributed by atoms with van der Waals surface area (Å²) in [6, 6.07) is -1.94. The molecule has 0 spiro atoms. The van der Waals surface area contributed by atoms with Gasteiger partial charge in [-0.05, 0) is 50.9 Å². The molecule has 11 heteroatoms. The maximum Gasteiger partial charge on any atom is 0.268 e. The van der Waals surface area contributed by atoms with Gasteiger partial charge in [-0.1, -0.05) is 32.1 Å². The second-order valence-electron chi connectivity index (χ2n) is 11.5. The lowest BCUT2D eigenvalue weighted by molar-refractivity contribution is -0.140. The number of hydrogen-bond acceptors (Lipinski definition) is 7. The largest absolute Gasteiger partial charge is 0.373 e. The molecule has 11 nitrogen and oxygen atoms in total. The Labute approximate surface area is 230 Å². The van der Waals surface area contributed by atoms with E-state index in [1.54, 1.807) is 12.4 Å². The Bertz CT molecular complexity index is 1020. The van der Waals surface area contributed by atoms with Crippen molar-refractivity contribution < 1.29 is 24.0 Å². The van der Waals surface area contributed by atoms with Crippen molar-refractivity contribution in [3.05, 3.63) is 12.4 Å². The van der Waals surface area contributed by atoms with Crippen LogP contribution in [0.5, 0.6) is 0 Å². The van der Waals surface area contributed by atoms with Crippen molar-refractivity contribution in [3.8, 4) is 0 Å². The van der Waals surface area contributed by atoms with Crippen LogP contribution in [0.25, 0.3) is 0 Å². The van der Waals surface area contributed by atoms with Crippen LogP contribution in [0.4, 0.5) is 0 Å². The quantitative estimate of drug-likeness (QED) is 0.354. The summed E-state index contributed by atoms with van der Waals surface area (Å²) in [7, 11) is 1.84. The van der Waals surface area contributed by atoms with Gasteiger partial charge >= 0.3 is 0 Å². The van der Waals surface area contributed by atoms with E-state index in [-0.39, 0.29) is 36.0 Å². The minimum atomic E-state index is -0.763. The molecule has 3 unspecified atom stereocenters. The van der Waals surface area contributed by atoms with Crippen LogP contribution < -0.4 is 16.0 Å². The van der Waals surface area contributed by atoms with E-state index in [1.165, 1.54) is 11.8 Å². The van der Waals surface area contributed by atoms with E-state index < -0.39 is 24.0 Å². The highest BCUT2D eigenvalue weighted by molar-refractivity contribution is 6.40. The summed E-state index contributed by atoms with van der Waals surface area (Å²) in [6.45, 7) is 2.00. The lowest BCUT2D eigenvalue weighted by Gasteiger charge is -2.31. The van der Waals surface area contributed by atoms with E-state index in [2.05, 4.69) is 20.9 Å². The second-order valence-corrected chi connectivity index (χ2v) is 11.5. The number of carbonyl (C=O) groups excluding carboxylic acids is 5. The van der Waals surface area contributed by atoms with E-state index in [9.17, 15) is 24.0 Å². The van der Waals surface area contributed by atoms with Gasteiger partial charge in [-0.3, -0.25) is 29.0 Å². The average Bonchev–Trinajstić information content (AvgIpc) is 3.61. The minimum absolute atomic E-state index is 0.0180. The zero-order valence-electron chi connectivity index (χ0n) is 23.1. The SMILES string of the molecule is CC(=O)C(CC1CC1)NC(=O)C1CCCN1C(=O)CNC(=O)C(NC(=O)C1=NC=CN(C)C1)C1CCCCC1. The number of Topliss-reactive ketones (excluding diaryl/α,β-unsaturated/α-hetero) is 1. The summed E-state index contributed by atoms with van der Waals surface area (Å²) < 4.78 is 0. The molecule has 2 aliphatic heterocycles. The maximum atomic E-state index is 13.3. The highest BCUT2D eigenvalue weighted by atomic mass is 16.2. The normalized spacial score (nSPS) is 23.0.